The molecule has 1 fully saturated rings. The van der Waals surface area contributed by atoms with Gasteiger partial charge in [0, 0.05) is 49.2 Å². The van der Waals surface area contributed by atoms with Gasteiger partial charge in [0.05, 0.1) is 0 Å². The van der Waals surface area contributed by atoms with Crippen LogP contribution in [0.5, 0.6) is 0 Å². The van der Waals surface area contributed by atoms with Gasteiger partial charge in [-0.25, -0.2) is 0 Å². The molecule has 1 N–H and O–H groups in total. The lowest BCUT2D eigenvalue weighted by Gasteiger charge is -2.38. The van der Waals surface area contributed by atoms with Gasteiger partial charge in [-0.15, -0.1) is 0 Å². The lowest BCUT2D eigenvalue weighted by atomic mass is 10.0. The lowest BCUT2D eigenvalue weighted by Crippen LogP contribution is -2.48. The third kappa shape index (κ3) is 4.71. The third-order valence-electron chi connectivity index (χ3n) is 5.79. The molecule has 1 aliphatic heterocycles. The van der Waals surface area contributed by atoms with Crippen molar-refractivity contribution < 1.29 is 4.79 Å². The summed E-state index contributed by atoms with van der Waals surface area (Å²) in [6.07, 6.45) is 0. The summed E-state index contributed by atoms with van der Waals surface area (Å²) in [7, 11) is 0. The molecule has 0 aliphatic carbocycles. The second-order valence-electron chi connectivity index (χ2n) is 8.06. The number of carbonyl (C=O) groups is 1. The van der Waals surface area contributed by atoms with Crippen molar-refractivity contribution in [2.75, 3.05) is 36.4 Å². The molecule has 0 saturated carbocycles. The molecule has 1 aliphatic rings. The number of hydrogen-bond donors (Lipinski definition) is 1. The molecule has 154 valence electrons. The highest BCUT2D eigenvalue weighted by molar-refractivity contribution is 6.04. The van der Waals surface area contributed by atoms with Gasteiger partial charge in [0.2, 0.25) is 0 Å². The molecule has 0 unspecified atom stereocenters. The van der Waals surface area contributed by atoms with E-state index in [9.17, 15) is 4.79 Å². The van der Waals surface area contributed by atoms with Crippen LogP contribution in [0.15, 0.2) is 78.9 Å². The van der Waals surface area contributed by atoms with Crippen molar-refractivity contribution in [3.63, 3.8) is 0 Å². The van der Waals surface area contributed by atoms with Gasteiger partial charge >= 0.3 is 0 Å². The Hall–Kier alpha value is -3.11. The average Bonchev–Trinajstić information content (AvgIpc) is 2.80. The third-order valence-corrected chi connectivity index (χ3v) is 5.79. The Morgan fingerprint density at radius 3 is 1.97 bits per heavy atom. The highest BCUT2D eigenvalue weighted by Crippen LogP contribution is 2.22. The van der Waals surface area contributed by atoms with Crippen LogP contribution in [0.1, 0.15) is 24.2 Å². The van der Waals surface area contributed by atoms with E-state index in [4.69, 9.17) is 0 Å². The smallest absolute Gasteiger partial charge is 0.255 e. The van der Waals surface area contributed by atoms with E-state index in [1.807, 2.05) is 54.6 Å². The molecule has 3 aromatic carbocycles. The summed E-state index contributed by atoms with van der Waals surface area (Å²) < 4.78 is 0. The van der Waals surface area contributed by atoms with Crippen molar-refractivity contribution >= 4 is 17.3 Å². The number of nitrogens with one attached hydrogen (secondary N) is 1. The minimum absolute atomic E-state index is 0.0899. The van der Waals surface area contributed by atoms with E-state index in [1.165, 1.54) is 5.69 Å². The van der Waals surface area contributed by atoms with E-state index in [0.717, 1.165) is 43.0 Å². The SMILES string of the molecule is CC(C)N1CCN(c2ccc(NC(=O)c3ccc(-c4ccccc4)cc3)cc2)CC1. The Morgan fingerprint density at radius 1 is 0.767 bits per heavy atom. The van der Waals surface area contributed by atoms with Crippen molar-refractivity contribution in [1.82, 2.24) is 4.90 Å². The summed E-state index contributed by atoms with van der Waals surface area (Å²) in [5.41, 5.74) is 4.94. The number of anilines is 2. The van der Waals surface area contributed by atoms with Crippen molar-refractivity contribution in [2.45, 2.75) is 19.9 Å². The predicted octanol–water partition coefficient (Wildman–Crippen LogP) is 5.14. The maximum atomic E-state index is 12.6. The molecule has 4 nitrogen and oxygen atoms in total. The Morgan fingerprint density at radius 2 is 1.37 bits per heavy atom. The number of benzene rings is 3. The monoisotopic (exact) mass is 399 g/mol. The maximum Gasteiger partial charge on any atom is 0.255 e. The van der Waals surface area contributed by atoms with Crippen molar-refractivity contribution in [3.8, 4) is 11.1 Å². The van der Waals surface area contributed by atoms with Gasteiger partial charge in [-0.1, -0.05) is 42.5 Å². The zero-order chi connectivity index (χ0) is 20.9. The summed E-state index contributed by atoms with van der Waals surface area (Å²) in [5, 5.41) is 3.00. The number of carbonyl (C=O) groups excluding carboxylic acids is 1. The molecule has 1 heterocycles. The maximum absolute atomic E-state index is 12.6. The van der Waals surface area contributed by atoms with E-state index in [1.54, 1.807) is 0 Å². The number of piperazine rings is 1. The fraction of sp³-hybridized carbons (Fsp3) is 0.269. The molecule has 0 atom stereocenters. The van der Waals surface area contributed by atoms with Gasteiger partial charge in [0.1, 0.15) is 0 Å². The highest BCUT2D eigenvalue weighted by Gasteiger charge is 2.19. The van der Waals surface area contributed by atoms with Gasteiger partial charge in [-0.3, -0.25) is 9.69 Å². The van der Waals surface area contributed by atoms with Crippen LogP contribution < -0.4 is 10.2 Å². The van der Waals surface area contributed by atoms with E-state index in [0.29, 0.717) is 11.6 Å². The van der Waals surface area contributed by atoms with Crippen molar-refractivity contribution in [3.05, 3.63) is 84.4 Å². The summed E-state index contributed by atoms with van der Waals surface area (Å²) in [6.45, 7) is 8.77. The molecule has 0 radical (unpaired) electrons. The second kappa shape index (κ2) is 9.14. The van der Waals surface area contributed by atoms with Crippen LogP contribution in [-0.2, 0) is 0 Å². The molecule has 3 aromatic rings. The zero-order valence-corrected chi connectivity index (χ0v) is 17.7. The first kappa shape index (κ1) is 20.2. The van der Waals surface area contributed by atoms with Gasteiger partial charge in [-0.2, -0.15) is 0 Å². The normalized spacial score (nSPS) is 14.7. The lowest BCUT2D eigenvalue weighted by molar-refractivity contribution is 0.102. The first-order valence-electron chi connectivity index (χ1n) is 10.7. The van der Waals surface area contributed by atoms with E-state index >= 15 is 0 Å². The van der Waals surface area contributed by atoms with Gasteiger partial charge in [0.25, 0.3) is 5.91 Å². The molecule has 0 bridgehead atoms. The molecular weight excluding hydrogens is 370 g/mol. The fourth-order valence-electron chi connectivity index (χ4n) is 3.90. The minimum atomic E-state index is -0.0899. The zero-order valence-electron chi connectivity index (χ0n) is 17.7. The van der Waals surface area contributed by atoms with Crippen LogP contribution in [0.4, 0.5) is 11.4 Å². The van der Waals surface area contributed by atoms with Crippen LogP contribution in [0, 0.1) is 0 Å². The first-order chi connectivity index (χ1) is 14.6. The number of rotatable bonds is 5. The molecule has 1 amide bonds. The first-order valence-corrected chi connectivity index (χ1v) is 10.7. The fourth-order valence-corrected chi connectivity index (χ4v) is 3.90. The Balaban J connectivity index is 1.36. The Kier molecular flexibility index (Phi) is 6.15. The van der Waals surface area contributed by atoms with Gasteiger partial charge in [0.15, 0.2) is 0 Å². The van der Waals surface area contributed by atoms with E-state index in [2.05, 4.69) is 53.2 Å². The van der Waals surface area contributed by atoms with Crippen LogP contribution >= 0.6 is 0 Å². The Bertz CT molecular complexity index is 957. The number of nitrogens with zero attached hydrogens (tertiary/aromatic N) is 2. The summed E-state index contributed by atoms with van der Waals surface area (Å²) in [5.74, 6) is -0.0899. The molecule has 0 aromatic heterocycles. The highest BCUT2D eigenvalue weighted by atomic mass is 16.1. The van der Waals surface area contributed by atoms with Crippen LogP contribution in [0.3, 0.4) is 0 Å². The quantitative estimate of drug-likeness (QED) is 0.645. The number of hydrogen-bond acceptors (Lipinski definition) is 3. The second-order valence-corrected chi connectivity index (χ2v) is 8.06. The van der Waals surface area contributed by atoms with Crippen molar-refractivity contribution in [2.24, 2.45) is 0 Å². The van der Waals surface area contributed by atoms with Crippen LogP contribution in [0.2, 0.25) is 0 Å². The average molecular weight is 400 g/mol. The van der Waals surface area contributed by atoms with Gasteiger partial charge < -0.3 is 10.2 Å². The summed E-state index contributed by atoms with van der Waals surface area (Å²) in [4.78, 5) is 17.5. The molecule has 4 heteroatoms. The standard InChI is InChI=1S/C26H29N3O/c1-20(2)28-16-18-29(19-17-28)25-14-12-24(13-15-25)27-26(30)23-10-8-22(9-11-23)21-6-4-3-5-7-21/h3-15,20H,16-19H2,1-2H3,(H,27,30). The number of amides is 1. The molecule has 1 saturated heterocycles. The van der Waals surface area contributed by atoms with E-state index < -0.39 is 0 Å². The van der Waals surface area contributed by atoms with Crippen LogP contribution in [0.25, 0.3) is 11.1 Å². The minimum Gasteiger partial charge on any atom is -0.369 e. The largest absolute Gasteiger partial charge is 0.369 e. The summed E-state index contributed by atoms with van der Waals surface area (Å²) >= 11 is 0. The van der Waals surface area contributed by atoms with E-state index in [-0.39, 0.29) is 5.91 Å². The van der Waals surface area contributed by atoms with Crippen molar-refractivity contribution in [1.29, 1.82) is 0 Å². The van der Waals surface area contributed by atoms with Gasteiger partial charge in [-0.05, 0) is 61.4 Å². The summed E-state index contributed by atoms with van der Waals surface area (Å²) in [6, 6.07) is 26.7. The Labute approximate surface area is 179 Å². The topological polar surface area (TPSA) is 35.6 Å². The molecule has 0 spiro atoms. The van der Waals surface area contributed by atoms with Crippen LogP contribution in [-0.4, -0.2) is 43.0 Å². The molecule has 30 heavy (non-hydrogen) atoms. The predicted molar refractivity (Wildman–Crippen MR) is 125 cm³/mol. The molecular formula is C26H29N3O. The molecule has 4 rings (SSSR count).